The number of carboxylic acids is 1. The maximum atomic E-state index is 12.9. The van der Waals surface area contributed by atoms with Gasteiger partial charge in [0, 0.05) is 18.8 Å². The Kier molecular flexibility index (Phi) is 4.98. The molecule has 0 unspecified atom stereocenters. The van der Waals surface area contributed by atoms with E-state index in [1.807, 2.05) is 13.8 Å². The van der Waals surface area contributed by atoms with Crippen molar-refractivity contribution >= 4 is 23.0 Å². The van der Waals surface area contributed by atoms with Gasteiger partial charge in [-0.1, -0.05) is 19.0 Å². The zero-order valence-corrected chi connectivity index (χ0v) is 13.8. The minimum atomic E-state index is -0.927. The summed E-state index contributed by atoms with van der Waals surface area (Å²) in [4.78, 5) is 29.6. The molecule has 2 heterocycles. The third-order valence-electron chi connectivity index (χ3n) is 3.44. The van der Waals surface area contributed by atoms with Crippen molar-refractivity contribution in [3.63, 3.8) is 0 Å². The van der Waals surface area contributed by atoms with E-state index in [9.17, 15) is 9.59 Å². The van der Waals surface area contributed by atoms with Crippen molar-refractivity contribution in [1.29, 1.82) is 0 Å². The van der Waals surface area contributed by atoms with Crippen molar-refractivity contribution < 1.29 is 19.2 Å². The number of nitrogens with zero attached hydrogens (tertiary/aromatic N) is 3. The van der Waals surface area contributed by atoms with Crippen LogP contribution in [-0.4, -0.2) is 45.1 Å². The van der Waals surface area contributed by atoms with Crippen LogP contribution in [-0.2, 0) is 4.79 Å². The van der Waals surface area contributed by atoms with Gasteiger partial charge in [0.25, 0.3) is 11.6 Å². The van der Waals surface area contributed by atoms with Crippen LogP contribution in [0, 0.1) is 19.8 Å². The average Bonchev–Trinajstić information content (AvgIpc) is 2.82. The van der Waals surface area contributed by atoms with E-state index in [1.165, 1.54) is 0 Å². The van der Waals surface area contributed by atoms with Crippen LogP contribution in [0.4, 0.5) is 0 Å². The highest BCUT2D eigenvalue weighted by Crippen LogP contribution is 2.23. The minimum Gasteiger partial charge on any atom is -0.481 e. The van der Waals surface area contributed by atoms with Crippen LogP contribution >= 0.6 is 0 Å². The van der Waals surface area contributed by atoms with Crippen LogP contribution in [0.1, 0.15) is 42.0 Å². The molecule has 1 amide bonds. The Morgan fingerprint density at radius 3 is 2.65 bits per heavy atom. The molecule has 0 fully saturated rings. The van der Waals surface area contributed by atoms with Crippen LogP contribution in [0.3, 0.4) is 0 Å². The Labute approximate surface area is 134 Å². The number of aliphatic carboxylic acids is 1. The lowest BCUT2D eigenvalue weighted by molar-refractivity contribution is -0.137. The van der Waals surface area contributed by atoms with Crippen LogP contribution in [0.15, 0.2) is 10.6 Å². The standard InChI is InChI=1S/C16H21N3O4/c1-9(2)8-19(6-5-13(20)21)16(22)12-7-10(3)17-15-14(12)11(4)18-23-15/h7,9H,5-6,8H2,1-4H3,(H,20,21). The molecule has 0 aliphatic rings. The maximum absolute atomic E-state index is 12.9. The van der Waals surface area contributed by atoms with Crippen molar-refractivity contribution in [2.45, 2.75) is 34.1 Å². The van der Waals surface area contributed by atoms with Crippen LogP contribution < -0.4 is 0 Å². The molecule has 2 aromatic rings. The second kappa shape index (κ2) is 6.76. The highest BCUT2D eigenvalue weighted by Gasteiger charge is 2.23. The molecule has 124 valence electrons. The number of aryl methyl sites for hydroxylation is 2. The second-order valence-corrected chi connectivity index (χ2v) is 6.05. The van der Waals surface area contributed by atoms with Gasteiger partial charge >= 0.3 is 5.97 Å². The fourth-order valence-corrected chi connectivity index (χ4v) is 2.50. The molecule has 0 aromatic carbocycles. The summed E-state index contributed by atoms with van der Waals surface area (Å²) in [6, 6.07) is 1.70. The molecule has 1 N–H and O–H groups in total. The van der Waals surface area contributed by atoms with E-state index in [4.69, 9.17) is 9.63 Å². The first-order valence-electron chi connectivity index (χ1n) is 7.54. The molecule has 0 saturated heterocycles. The molecule has 0 aliphatic heterocycles. The highest BCUT2D eigenvalue weighted by atomic mass is 16.5. The molecular formula is C16H21N3O4. The fraction of sp³-hybridized carbons (Fsp3) is 0.500. The number of rotatable bonds is 6. The maximum Gasteiger partial charge on any atom is 0.305 e. The number of hydrogen-bond donors (Lipinski definition) is 1. The average molecular weight is 319 g/mol. The largest absolute Gasteiger partial charge is 0.481 e. The summed E-state index contributed by atoms with van der Waals surface area (Å²) in [5.74, 6) is -0.916. The van der Waals surface area contributed by atoms with E-state index in [0.29, 0.717) is 34.6 Å². The third kappa shape index (κ3) is 3.85. The van der Waals surface area contributed by atoms with Crippen molar-refractivity contribution in [3.05, 3.63) is 23.0 Å². The Morgan fingerprint density at radius 2 is 2.04 bits per heavy atom. The van der Waals surface area contributed by atoms with Gasteiger partial charge in [-0.3, -0.25) is 9.59 Å². The molecule has 23 heavy (non-hydrogen) atoms. The number of pyridine rings is 1. The van der Waals surface area contributed by atoms with Gasteiger partial charge in [-0.25, -0.2) is 4.98 Å². The topological polar surface area (TPSA) is 96.5 Å². The van der Waals surface area contributed by atoms with Gasteiger partial charge in [-0.05, 0) is 25.8 Å². The summed E-state index contributed by atoms with van der Waals surface area (Å²) in [6.07, 6.45) is -0.0890. The summed E-state index contributed by atoms with van der Waals surface area (Å²) in [6.45, 7) is 8.15. The molecule has 0 radical (unpaired) electrons. The number of carbonyl (C=O) groups excluding carboxylic acids is 1. The van der Waals surface area contributed by atoms with E-state index in [2.05, 4.69) is 10.1 Å². The van der Waals surface area contributed by atoms with Gasteiger partial charge in [-0.15, -0.1) is 0 Å². The zero-order valence-electron chi connectivity index (χ0n) is 13.8. The first-order valence-corrected chi connectivity index (χ1v) is 7.54. The summed E-state index contributed by atoms with van der Waals surface area (Å²) in [5.41, 5.74) is 2.03. The van der Waals surface area contributed by atoms with Gasteiger partial charge in [0.1, 0.15) is 0 Å². The lowest BCUT2D eigenvalue weighted by Crippen LogP contribution is -2.36. The van der Waals surface area contributed by atoms with Gasteiger partial charge < -0.3 is 14.5 Å². The number of fused-ring (bicyclic) bond motifs is 1. The smallest absolute Gasteiger partial charge is 0.305 e. The van der Waals surface area contributed by atoms with Gasteiger partial charge in [0.15, 0.2) is 0 Å². The highest BCUT2D eigenvalue weighted by molar-refractivity contribution is 6.06. The van der Waals surface area contributed by atoms with Crippen LogP contribution in [0.2, 0.25) is 0 Å². The summed E-state index contributed by atoms with van der Waals surface area (Å²) in [7, 11) is 0. The molecule has 0 bridgehead atoms. The monoisotopic (exact) mass is 319 g/mol. The number of aromatic nitrogens is 2. The molecule has 2 aromatic heterocycles. The first kappa shape index (κ1) is 16.9. The summed E-state index contributed by atoms with van der Waals surface area (Å²) < 4.78 is 5.15. The minimum absolute atomic E-state index is 0.0890. The SMILES string of the molecule is Cc1cc(C(=O)N(CCC(=O)O)CC(C)C)c2c(C)noc2n1. The van der Waals surface area contributed by atoms with Crippen LogP contribution in [0.25, 0.3) is 11.1 Å². The first-order chi connectivity index (χ1) is 10.8. The third-order valence-corrected chi connectivity index (χ3v) is 3.44. The van der Waals surface area contributed by atoms with Gasteiger partial charge in [-0.2, -0.15) is 0 Å². The van der Waals surface area contributed by atoms with Crippen molar-refractivity contribution in [3.8, 4) is 0 Å². The molecule has 0 aliphatic carbocycles. The van der Waals surface area contributed by atoms with E-state index >= 15 is 0 Å². The molecule has 7 nitrogen and oxygen atoms in total. The molecule has 2 rings (SSSR count). The number of amides is 1. The Balaban J connectivity index is 2.42. The molecule has 0 spiro atoms. The summed E-state index contributed by atoms with van der Waals surface area (Å²) >= 11 is 0. The molecule has 0 atom stereocenters. The summed E-state index contributed by atoms with van der Waals surface area (Å²) in [5, 5.41) is 13.4. The quantitative estimate of drug-likeness (QED) is 0.878. The van der Waals surface area contributed by atoms with Crippen LogP contribution in [0.5, 0.6) is 0 Å². The zero-order chi connectivity index (χ0) is 17.1. The number of hydrogen-bond acceptors (Lipinski definition) is 5. The second-order valence-electron chi connectivity index (χ2n) is 6.05. The Morgan fingerprint density at radius 1 is 1.35 bits per heavy atom. The predicted molar refractivity (Wildman–Crippen MR) is 84.3 cm³/mol. The van der Waals surface area contributed by atoms with Gasteiger partial charge in [0.05, 0.1) is 23.1 Å². The van der Waals surface area contributed by atoms with E-state index in [-0.39, 0.29) is 24.8 Å². The van der Waals surface area contributed by atoms with Crippen molar-refractivity contribution in [2.24, 2.45) is 5.92 Å². The fourth-order valence-electron chi connectivity index (χ4n) is 2.50. The number of carboxylic acid groups (broad SMARTS) is 1. The number of carbonyl (C=O) groups is 2. The lowest BCUT2D eigenvalue weighted by atomic mass is 10.1. The van der Waals surface area contributed by atoms with E-state index in [1.54, 1.807) is 24.8 Å². The van der Waals surface area contributed by atoms with E-state index < -0.39 is 5.97 Å². The Bertz CT molecular complexity index is 736. The molecular weight excluding hydrogens is 298 g/mol. The molecule has 7 heteroatoms. The lowest BCUT2D eigenvalue weighted by Gasteiger charge is -2.24. The predicted octanol–water partition coefficient (Wildman–Crippen LogP) is 2.41. The molecule has 0 saturated carbocycles. The van der Waals surface area contributed by atoms with Gasteiger partial charge in [0.2, 0.25) is 0 Å². The Hall–Kier alpha value is -2.44. The van der Waals surface area contributed by atoms with Crippen molar-refractivity contribution in [1.82, 2.24) is 15.0 Å². The van der Waals surface area contributed by atoms with E-state index in [0.717, 1.165) is 0 Å². The van der Waals surface area contributed by atoms with Crippen molar-refractivity contribution in [2.75, 3.05) is 13.1 Å². The normalized spacial score (nSPS) is 11.2.